The first kappa shape index (κ1) is 15.8. The molecule has 0 saturated carbocycles. The molecule has 24 heavy (non-hydrogen) atoms. The standard InChI is InChI=1S/C18H21BrN4O/c1-24-16-14(19)11-21-17(22-16)23-8-6-18(7-9-23)10-12-4-2-3-5-13(12)15(18)20/h2-5,11,15H,6-10,20H2,1H3/t15-/m1/s1. The molecular formula is C18H21BrN4O. The van der Waals surface area contributed by atoms with Crippen LogP contribution in [0.4, 0.5) is 5.95 Å². The average molecular weight is 389 g/mol. The van der Waals surface area contributed by atoms with Gasteiger partial charge in [-0.25, -0.2) is 4.98 Å². The van der Waals surface area contributed by atoms with Crippen molar-refractivity contribution >= 4 is 21.9 Å². The van der Waals surface area contributed by atoms with Crippen molar-refractivity contribution in [3.63, 3.8) is 0 Å². The Balaban J connectivity index is 1.52. The van der Waals surface area contributed by atoms with Crippen LogP contribution >= 0.6 is 15.9 Å². The number of halogens is 1. The van der Waals surface area contributed by atoms with Crippen LogP contribution in [0.25, 0.3) is 0 Å². The van der Waals surface area contributed by atoms with Gasteiger partial charge in [-0.15, -0.1) is 0 Å². The highest BCUT2D eigenvalue weighted by atomic mass is 79.9. The SMILES string of the molecule is COc1nc(N2CCC3(CC2)Cc2ccccc2[C@H]3N)ncc1Br. The van der Waals surface area contributed by atoms with Crippen molar-refractivity contribution in [2.75, 3.05) is 25.1 Å². The fraction of sp³-hybridized carbons (Fsp3) is 0.444. The summed E-state index contributed by atoms with van der Waals surface area (Å²) in [6.45, 7) is 1.85. The number of nitrogens with two attached hydrogens (primary N) is 1. The number of benzene rings is 1. The molecule has 2 aliphatic rings. The van der Waals surface area contributed by atoms with Crippen molar-refractivity contribution in [2.24, 2.45) is 11.1 Å². The number of piperidine rings is 1. The molecule has 1 saturated heterocycles. The largest absolute Gasteiger partial charge is 0.480 e. The molecule has 0 radical (unpaired) electrons. The first-order valence-corrected chi connectivity index (χ1v) is 9.07. The molecule has 0 bridgehead atoms. The number of rotatable bonds is 2. The lowest BCUT2D eigenvalue weighted by Gasteiger charge is -2.42. The fourth-order valence-electron chi connectivity index (χ4n) is 4.10. The van der Waals surface area contributed by atoms with E-state index in [9.17, 15) is 0 Å². The Morgan fingerprint density at radius 2 is 2.04 bits per heavy atom. The molecule has 0 amide bonds. The molecule has 1 atom stereocenters. The minimum absolute atomic E-state index is 0.135. The van der Waals surface area contributed by atoms with E-state index >= 15 is 0 Å². The summed E-state index contributed by atoms with van der Waals surface area (Å²) in [7, 11) is 1.62. The van der Waals surface area contributed by atoms with Crippen molar-refractivity contribution in [2.45, 2.75) is 25.3 Å². The van der Waals surface area contributed by atoms with Gasteiger partial charge in [-0.3, -0.25) is 0 Å². The smallest absolute Gasteiger partial charge is 0.232 e. The molecule has 1 spiro atoms. The summed E-state index contributed by atoms with van der Waals surface area (Å²) in [5.41, 5.74) is 9.55. The highest BCUT2D eigenvalue weighted by Gasteiger charge is 2.46. The van der Waals surface area contributed by atoms with Crippen LogP contribution in [0.2, 0.25) is 0 Å². The minimum atomic E-state index is 0.135. The number of anilines is 1. The predicted octanol–water partition coefficient (Wildman–Crippen LogP) is 3.09. The maximum Gasteiger partial charge on any atom is 0.232 e. The van der Waals surface area contributed by atoms with Gasteiger partial charge in [0.1, 0.15) is 0 Å². The Morgan fingerprint density at radius 1 is 1.29 bits per heavy atom. The second kappa shape index (κ2) is 6.01. The van der Waals surface area contributed by atoms with Crippen LogP contribution < -0.4 is 15.4 Å². The lowest BCUT2D eigenvalue weighted by molar-refractivity contribution is 0.187. The van der Waals surface area contributed by atoms with Gasteiger partial charge in [-0.05, 0) is 51.7 Å². The molecule has 1 aliphatic heterocycles. The fourth-order valence-corrected chi connectivity index (χ4v) is 4.45. The minimum Gasteiger partial charge on any atom is -0.480 e. The number of ether oxygens (including phenoxy) is 1. The van der Waals surface area contributed by atoms with Gasteiger partial charge in [-0.2, -0.15) is 4.98 Å². The van der Waals surface area contributed by atoms with E-state index < -0.39 is 0 Å². The highest BCUT2D eigenvalue weighted by Crippen LogP contribution is 2.50. The number of nitrogens with zero attached hydrogens (tertiary/aromatic N) is 3. The van der Waals surface area contributed by atoms with E-state index in [0.717, 1.165) is 42.8 Å². The third-order valence-electron chi connectivity index (χ3n) is 5.53. The topological polar surface area (TPSA) is 64.3 Å². The molecule has 126 valence electrons. The Kier molecular flexibility index (Phi) is 3.96. The lowest BCUT2D eigenvalue weighted by atomic mass is 9.73. The summed E-state index contributed by atoms with van der Waals surface area (Å²) in [6, 6.07) is 8.75. The van der Waals surface area contributed by atoms with Gasteiger partial charge in [0.15, 0.2) is 0 Å². The van der Waals surface area contributed by atoms with Crippen LogP contribution in [0.3, 0.4) is 0 Å². The van der Waals surface area contributed by atoms with Crippen LogP contribution in [-0.4, -0.2) is 30.2 Å². The van der Waals surface area contributed by atoms with E-state index in [1.807, 2.05) is 0 Å². The first-order chi connectivity index (χ1) is 11.6. The Morgan fingerprint density at radius 3 is 2.75 bits per heavy atom. The highest BCUT2D eigenvalue weighted by molar-refractivity contribution is 9.10. The van der Waals surface area contributed by atoms with Gasteiger partial charge < -0.3 is 15.4 Å². The maximum atomic E-state index is 6.63. The zero-order chi connectivity index (χ0) is 16.7. The summed E-state index contributed by atoms with van der Waals surface area (Å²) in [5.74, 6) is 1.30. The molecule has 0 unspecified atom stereocenters. The third kappa shape index (κ3) is 2.48. The molecule has 1 aromatic heterocycles. The number of aromatic nitrogens is 2. The quantitative estimate of drug-likeness (QED) is 0.855. The molecule has 4 rings (SSSR count). The van der Waals surface area contributed by atoms with Crippen molar-refractivity contribution < 1.29 is 4.74 Å². The molecule has 1 fully saturated rings. The number of methoxy groups -OCH3 is 1. The van der Waals surface area contributed by atoms with Crippen molar-refractivity contribution in [1.82, 2.24) is 9.97 Å². The summed E-state index contributed by atoms with van der Waals surface area (Å²) >= 11 is 3.40. The van der Waals surface area contributed by atoms with E-state index in [2.05, 4.69) is 55.1 Å². The summed E-state index contributed by atoms with van der Waals surface area (Å²) < 4.78 is 6.06. The van der Waals surface area contributed by atoms with E-state index in [0.29, 0.717) is 5.88 Å². The van der Waals surface area contributed by atoms with Crippen molar-refractivity contribution in [3.05, 3.63) is 46.1 Å². The van der Waals surface area contributed by atoms with E-state index in [4.69, 9.17) is 10.5 Å². The molecular weight excluding hydrogens is 368 g/mol. The van der Waals surface area contributed by atoms with Crippen LogP contribution in [0.15, 0.2) is 34.9 Å². The summed E-state index contributed by atoms with van der Waals surface area (Å²) in [6.07, 6.45) is 4.96. The predicted molar refractivity (Wildman–Crippen MR) is 97.2 cm³/mol. The van der Waals surface area contributed by atoms with Gasteiger partial charge in [0.05, 0.1) is 17.8 Å². The van der Waals surface area contributed by atoms with Crippen LogP contribution in [-0.2, 0) is 6.42 Å². The van der Waals surface area contributed by atoms with Gasteiger partial charge in [0, 0.05) is 19.1 Å². The van der Waals surface area contributed by atoms with Crippen LogP contribution in [0.5, 0.6) is 5.88 Å². The van der Waals surface area contributed by atoms with Crippen molar-refractivity contribution in [3.8, 4) is 5.88 Å². The zero-order valence-electron chi connectivity index (χ0n) is 13.7. The number of hydrogen-bond donors (Lipinski definition) is 1. The van der Waals surface area contributed by atoms with Gasteiger partial charge >= 0.3 is 0 Å². The first-order valence-electron chi connectivity index (χ1n) is 8.28. The lowest BCUT2D eigenvalue weighted by Crippen LogP contribution is -2.44. The van der Waals surface area contributed by atoms with Crippen molar-refractivity contribution in [1.29, 1.82) is 0 Å². The van der Waals surface area contributed by atoms with E-state index in [1.165, 1.54) is 11.1 Å². The average Bonchev–Trinajstić information content (AvgIpc) is 2.89. The molecule has 6 heteroatoms. The number of hydrogen-bond acceptors (Lipinski definition) is 5. The van der Waals surface area contributed by atoms with E-state index in [1.54, 1.807) is 13.3 Å². The Bertz CT molecular complexity index is 758. The molecule has 2 aromatic rings. The molecule has 5 nitrogen and oxygen atoms in total. The summed E-state index contributed by atoms with van der Waals surface area (Å²) in [4.78, 5) is 11.2. The number of fused-ring (bicyclic) bond motifs is 1. The molecule has 1 aliphatic carbocycles. The summed E-state index contributed by atoms with van der Waals surface area (Å²) in [5, 5.41) is 0. The normalized spacial score (nSPS) is 21.8. The molecule has 1 aromatic carbocycles. The molecule has 2 N–H and O–H groups in total. The van der Waals surface area contributed by atoms with Crippen LogP contribution in [0, 0.1) is 5.41 Å². The maximum absolute atomic E-state index is 6.63. The third-order valence-corrected chi connectivity index (χ3v) is 6.07. The Hall–Kier alpha value is -1.66. The second-order valence-corrected chi connectivity index (χ2v) is 7.58. The van der Waals surface area contributed by atoms with Gasteiger partial charge in [0.2, 0.25) is 11.8 Å². The second-order valence-electron chi connectivity index (χ2n) is 6.73. The Labute approximate surface area is 150 Å². The van der Waals surface area contributed by atoms with Gasteiger partial charge in [-0.1, -0.05) is 24.3 Å². The van der Waals surface area contributed by atoms with Crippen LogP contribution in [0.1, 0.15) is 30.0 Å². The van der Waals surface area contributed by atoms with E-state index in [-0.39, 0.29) is 11.5 Å². The molecule has 2 heterocycles. The van der Waals surface area contributed by atoms with Gasteiger partial charge in [0.25, 0.3) is 0 Å². The monoisotopic (exact) mass is 388 g/mol. The zero-order valence-corrected chi connectivity index (χ0v) is 15.3.